The van der Waals surface area contributed by atoms with E-state index in [1.165, 1.54) is 0 Å². The quantitative estimate of drug-likeness (QED) is 0.856. The number of hydrogen-bond acceptors (Lipinski definition) is 6. The van der Waals surface area contributed by atoms with Crippen LogP contribution in [0.25, 0.3) is 0 Å². The molecule has 1 aromatic rings. The van der Waals surface area contributed by atoms with Gasteiger partial charge in [0.15, 0.2) is 9.84 Å². The Morgan fingerprint density at radius 1 is 1.44 bits per heavy atom. The minimum absolute atomic E-state index is 0.176. The summed E-state index contributed by atoms with van der Waals surface area (Å²) in [7, 11) is -2.86. The summed E-state index contributed by atoms with van der Waals surface area (Å²) in [6.07, 6.45) is 1.62. The highest BCUT2D eigenvalue weighted by atomic mass is 32.2. The summed E-state index contributed by atoms with van der Waals surface area (Å²) in [6.45, 7) is 5.71. The molecular formula is C11H19N3O3S. The highest BCUT2D eigenvalue weighted by Gasteiger charge is 2.24. The maximum atomic E-state index is 11.3. The molecular weight excluding hydrogens is 254 g/mol. The van der Waals surface area contributed by atoms with Crippen molar-refractivity contribution in [3.63, 3.8) is 0 Å². The minimum atomic E-state index is -2.86. The zero-order valence-electron chi connectivity index (χ0n) is 10.7. The van der Waals surface area contributed by atoms with Gasteiger partial charge in [-0.25, -0.2) is 8.42 Å². The summed E-state index contributed by atoms with van der Waals surface area (Å²) >= 11 is 0. The van der Waals surface area contributed by atoms with Crippen molar-refractivity contribution in [3.8, 4) is 0 Å². The highest BCUT2D eigenvalue weighted by molar-refractivity contribution is 7.91. The zero-order chi connectivity index (χ0) is 13.2. The van der Waals surface area contributed by atoms with Crippen molar-refractivity contribution in [3.05, 3.63) is 12.0 Å². The maximum absolute atomic E-state index is 11.3. The molecule has 7 heteroatoms. The maximum Gasteiger partial charge on any atom is 0.297 e. The Hall–Kier alpha value is -1.08. The number of nitrogens with one attached hydrogen (secondary N) is 1. The molecule has 102 valence electrons. The third kappa shape index (κ3) is 3.46. The Morgan fingerprint density at radius 2 is 2.11 bits per heavy atom. The summed E-state index contributed by atoms with van der Waals surface area (Å²) in [6, 6.07) is 0.913. The fourth-order valence-corrected chi connectivity index (χ4v) is 2.94. The van der Waals surface area contributed by atoms with E-state index in [1.54, 1.807) is 6.26 Å². The second-order valence-corrected chi connectivity index (χ2v) is 7.10. The lowest BCUT2D eigenvalue weighted by atomic mass is 10.4. The molecule has 0 aromatic carbocycles. The highest BCUT2D eigenvalue weighted by Crippen LogP contribution is 2.16. The van der Waals surface area contributed by atoms with Gasteiger partial charge in [0.1, 0.15) is 6.26 Å². The molecule has 0 atom stereocenters. The van der Waals surface area contributed by atoms with Crippen LogP contribution in [-0.4, -0.2) is 44.0 Å². The van der Waals surface area contributed by atoms with Crippen molar-refractivity contribution in [2.24, 2.45) is 0 Å². The summed E-state index contributed by atoms with van der Waals surface area (Å²) < 4.78 is 28.0. The van der Waals surface area contributed by atoms with Crippen molar-refractivity contribution in [2.45, 2.75) is 26.4 Å². The van der Waals surface area contributed by atoms with Gasteiger partial charge in [-0.3, -0.25) is 0 Å². The molecule has 2 rings (SSSR count). The fourth-order valence-electron chi connectivity index (χ4n) is 1.74. The summed E-state index contributed by atoms with van der Waals surface area (Å²) in [4.78, 5) is 6.23. The van der Waals surface area contributed by atoms with Gasteiger partial charge in [-0.15, -0.1) is 0 Å². The van der Waals surface area contributed by atoms with Gasteiger partial charge in [-0.05, 0) is 0 Å². The van der Waals surface area contributed by atoms with Gasteiger partial charge >= 0.3 is 0 Å². The van der Waals surface area contributed by atoms with Gasteiger partial charge in [0.05, 0.1) is 17.2 Å². The summed E-state index contributed by atoms with van der Waals surface area (Å²) in [5, 5.41) is 3.25. The number of aromatic nitrogens is 1. The monoisotopic (exact) mass is 273 g/mol. The zero-order valence-corrected chi connectivity index (χ0v) is 11.5. The first-order chi connectivity index (χ1) is 8.46. The van der Waals surface area contributed by atoms with Gasteiger partial charge in [-0.1, -0.05) is 13.8 Å². The topological polar surface area (TPSA) is 75.4 Å². The van der Waals surface area contributed by atoms with Gasteiger partial charge in [-0.2, -0.15) is 4.98 Å². The number of sulfone groups is 1. The fraction of sp³-hybridized carbons (Fsp3) is 0.727. The van der Waals surface area contributed by atoms with Crippen LogP contribution in [0.3, 0.4) is 0 Å². The van der Waals surface area contributed by atoms with Crippen molar-refractivity contribution in [1.82, 2.24) is 10.3 Å². The molecule has 6 nitrogen and oxygen atoms in total. The Labute approximate surface area is 107 Å². The molecule has 0 bridgehead atoms. The molecule has 1 saturated heterocycles. The SMILES string of the molecule is CC(C)NCc1coc(N2CCS(=O)(=O)CC2)n1. The number of hydrogen-bond donors (Lipinski definition) is 1. The first kappa shape index (κ1) is 13.4. The first-order valence-electron chi connectivity index (χ1n) is 6.09. The van der Waals surface area contributed by atoms with E-state index < -0.39 is 9.84 Å². The molecule has 2 heterocycles. The molecule has 1 fully saturated rings. The van der Waals surface area contributed by atoms with Gasteiger partial charge in [0, 0.05) is 25.7 Å². The molecule has 0 unspecified atom stereocenters. The largest absolute Gasteiger partial charge is 0.432 e. The molecule has 1 N–H and O–H groups in total. The van der Waals surface area contributed by atoms with Gasteiger partial charge < -0.3 is 14.6 Å². The molecule has 0 radical (unpaired) electrons. The smallest absolute Gasteiger partial charge is 0.297 e. The van der Waals surface area contributed by atoms with Crippen LogP contribution in [0.5, 0.6) is 0 Å². The lowest BCUT2D eigenvalue weighted by Crippen LogP contribution is -2.40. The van der Waals surface area contributed by atoms with Crippen LogP contribution in [0.4, 0.5) is 6.01 Å². The number of oxazole rings is 1. The van der Waals surface area contributed by atoms with Crippen LogP contribution >= 0.6 is 0 Å². The van der Waals surface area contributed by atoms with Crippen LogP contribution in [-0.2, 0) is 16.4 Å². The Kier molecular flexibility index (Phi) is 3.91. The van der Waals surface area contributed by atoms with E-state index >= 15 is 0 Å². The molecule has 18 heavy (non-hydrogen) atoms. The van der Waals surface area contributed by atoms with Crippen molar-refractivity contribution in [2.75, 3.05) is 29.5 Å². The van der Waals surface area contributed by atoms with Crippen molar-refractivity contribution in [1.29, 1.82) is 0 Å². The van der Waals surface area contributed by atoms with E-state index in [0.717, 1.165) is 5.69 Å². The van der Waals surface area contributed by atoms with E-state index in [9.17, 15) is 8.42 Å². The molecule has 0 amide bonds. The van der Waals surface area contributed by atoms with E-state index in [2.05, 4.69) is 24.1 Å². The normalized spacial score (nSPS) is 19.4. The minimum Gasteiger partial charge on any atom is -0.432 e. The summed E-state index contributed by atoms with van der Waals surface area (Å²) in [5.74, 6) is 0.351. The molecule has 1 aliphatic rings. The lowest BCUT2D eigenvalue weighted by Gasteiger charge is -2.24. The van der Waals surface area contributed by atoms with Crippen molar-refractivity contribution < 1.29 is 12.8 Å². The first-order valence-corrected chi connectivity index (χ1v) is 7.91. The van der Waals surface area contributed by atoms with Crippen LogP contribution in [0.15, 0.2) is 10.7 Å². The Balaban J connectivity index is 1.94. The summed E-state index contributed by atoms with van der Waals surface area (Å²) in [5.41, 5.74) is 0.840. The van der Waals surface area contributed by atoms with E-state index in [1.807, 2.05) is 4.90 Å². The molecule has 0 saturated carbocycles. The van der Waals surface area contributed by atoms with Crippen molar-refractivity contribution >= 4 is 15.9 Å². The average Bonchev–Trinajstić information content (AvgIpc) is 2.75. The van der Waals surface area contributed by atoms with E-state index in [0.29, 0.717) is 31.7 Å². The second-order valence-electron chi connectivity index (χ2n) is 4.80. The third-order valence-corrected chi connectivity index (χ3v) is 4.46. The predicted octanol–water partition coefficient (Wildman–Crippen LogP) is 0.407. The van der Waals surface area contributed by atoms with Crippen LogP contribution in [0.1, 0.15) is 19.5 Å². The van der Waals surface area contributed by atoms with Gasteiger partial charge in [0.25, 0.3) is 6.01 Å². The molecule has 1 aromatic heterocycles. The second kappa shape index (κ2) is 5.27. The lowest BCUT2D eigenvalue weighted by molar-refractivity contribution is 0.528. The third-order valence-electron chi connectivity index (χ3n) is 2.85. The molecule has 1 aliphatic heterocycles. The Morgan fingerprint density at radius 3 is 2.72 bits per heavy atom. The van der Waals surface area contributed by atoms with Crippen LogP contribution in [0.2, 0.25) is 0 Å². The average molecular weight is 273 g/mol. The van der Waals surface area contributed by atoms with Gasteiger partial charge in [0.2, 0.25) is 0 Å². The molecule has 0 spiro atoms. The van der Waals surface area contributed by atoms with E-state index in [4.69, 9.17) is 4.42 Å². The number of rotatable bonds is 4. The Bertz CT molecular complexity index is 481. The predicted molar refractivity (Wildman–Crippen MR) is 69.3 cm³/mol. The standard InChI is InChI=1S/C11H19N3O3S/c1-9(2)12-7-10-8-17-11(13-10)14-3-5-18(15,16)6-4-14/h8-9,12H,3-7H2,1-2H3. The number of anilines is 1. The molecule has 0 aliphatic carbocycles. The van der Waals surface area contributed by atoms with Crippen LogP contribution < -0.4 is 10.2 Å². The van der Waals surface area contributed by atoms with E-state index in [-0.39, 0.29) is 11.5 Å². The van der Waals surface area contributed by atoms with Crippen LogP contribution in [0, 0.1) is 0 Å². The number of nitrogens with zero attached hydrogens (tertiary/aromatic N) is 2.